The van der Waals surface area contributed by atoms with Crippen molar-refractivity contribution in [2.75, 3.05) is 7.11 Å². The first kappa shape index (κ1) is 24.3. The van der Waals surface area contributed by atoms with Gasteiger partial charge in [0.05, 0.1) is 13.2 Å². The molecule has 1 atom stereocenters. The van der Waals surface area contributed by atoms with Gasteiger partial charge in [-0.1, -0.05) is 27.7 Å². The van der Waals surface area contributed by atoms with E-state index in [0.29, 0.717) is 23.5 Å². The summed E-state index contributed by atoms with van der Waals surface area (Å²) in [6.07, 6.45) is 0.287. The molecular weight excluding hydrogens is 374 g/mol. The Morgan fingerprint density at radius 3 is 2.14 bits per heavy atom. The Morgan fingerprint density at radius 2 is 1.62 bits per heavy atom. The van der Waals surface area contributed by atoms with E-state index in [-0.39, 0.29) is 23.8 Å². The van der Waals surface area contributed by atoms with Crippen molar-refractivity contribution in [3.8, 4) is 11.5 Å². The molecule has 0 bridgehead atoms. The summed E-state index contributed by atoms with van der Waals surface area (Å²) in [6, 6.07) is 3.99. The molecule has 0 radical (unpaired) electrons. The number of amides is 3. The molecule has 29 heavy (non-hydrogen) atoms. The van der Waals surface area contributed by atoms with Crippen LogP contribution in [0.5, 0.6) is 11.5 Å². The highest BCUT2D eigenvalue weighted by Gasteiger charge is 2.25. The Bertz CT molecular complexity index is 716. The van der Waals surface area contributed by atoms with E-state index in [1.807, 2.05) is 41.5 Å². The van der Waals surface area contributed by atoms with Gasteiger partial charge in [0.2, 0.25) is 5.91 Å². The van der Waals surface area contributed by atoms with Gasteiger partial charge in [-0.15, -0.1) is 0 Å². The second kappa shape index (κ2) is 11.3. The highest BCUT2D eigenvalue weighted by atomic mass is 16.5. The fraction of sp³-hybridized carbons (Fsp3) is 0.571. The van der Waals surface area contributed by atoms with Crippen molar-refractivity contribution >= 4 is 17.7 Å². The summed E-state index contributed by atoms with van der Waals surface area (Å²) < 4.78 is 10.9. The lowest BCUT2D eigenvalue weighted by atomic mass is 10.0. The summed E-state index contributed by atoms with van der Waals surface area (Å²) >= 11 is 0. The smallest absolute Gasteiger partial charge is 0.269 e. The zero-order valence-corrected chi connectivity index (χ0v) is 18.3. The predicted molar refractivity (Wildman–Crippen MR) is 111 cm³/mol. The predicted octanol–water partition coefficient (Wildman–Crippen LogP) is 2.43. The lowest BCUT2D eigenvalue weighted by Crippen LogP contribution is -2.54. The van der Waals surface area contributed by atoms with Crippen molar-refractivity contribution in [3.05, 3.63) is 23.8 Å². The van der Waals surface area contributed by atoms with E-state index in [9.17, 15) is 14.4 Å². The normalized spacial score (nSPS) is 11.9. The van der Waals surface area contributed by atoms with Gasteiger partial charge >= 0.3 is 0 Å². The number of hydrogen-bond donors (Lipinski definition) is 3. The van der Waals surface area contributed by atoms with E-state index in [4.69, 9.17) is 9.47 Å². The fourth-order valence-corrected chi connectivity index (χ4v) is 2.57. The van der Waals surface area contributed by atoms with Gasteiger partial charge < -0.3 is 14.8 Å². The first-order chi connectivity index (χ1) is 13.5. The molecule has 0 aliphatic carbocycles. The summed E-state index contributed by atoms with van der Waals surface area (Å²) in [4.78, 5) is 36.9. The zero-order valence-electron chi connectivity index (χ0n) is 18.3. The van der Waals surface area contributed by atoms with Crippen molar-refractivity contribution in [2.45, 2.75) is 60.1 Å². The highest BCUT2D eigenvalue weighted by molar-refractivity contribution is 5.97. The monoisotopic (exact) mass is 407 g/mol. The third kappa shape index (κ3) is 8.01. The Labute approximate surface area is 172 Å². The molecule has 1 rings (SSSR count). The molecule has 0 saturated heterocycles. The Kier molecular flexibility index (Phi) is 9.44. The second-order valence-electron chi connectivity index (χ2n) is 7.86. The van der Waals surface area contributed by atoms with E-state index in [0.717, 1.165) is 0 Å². The maximum atomic E-state index is 12.5. The largest absolute Gasteiger partial charge is 0.493 e. The molecule has 0 heterocycles. The number of hydrazine groups is 1. The van der Waals surface area contributed by atoms with Crippen molar-refractivity contribution < 1.29 is 23.9 Å². The van der Waals surface area contributed by atoms with Gasteiger partial charge in [-0.2, -0.15) is 0 Å². The topological polar surface area (TPSA) is 106 Å². The minimum absolute atomic E-state index is 0.0401. The van der Waals surface area contributed by atoms with Gasteiger partial charge in [0.15, 0.2) is 11.5 Å². The van der Waals surface area contributed by atoms with E-state index in [2.05, 4.69) is 16.2 Å². The summed E-state index contributed by atoms with van der Waals surface area (Å²) in [5.41, 5.74) is 5.05. The maximum absolute atomic E-state index is 12.5. The average Bonchev–Trinajstić information content (AvgIpc) is 2.62. The quantitative estimate of drug-likeness (QED) is 0.545. The number of hydrogen-bond acceptors (Lipinski definition) is 5. The fourth-order valence-electron chi connectivity index (χ4n) is 2.57. The van der Waals surface area contributed by atoms with Crippen molar-refractivity contribution in [2.24, 2.45) is 11.8 Å². The number of benzene rings is 1. The second-order valence-corrected chi connectivity index (χ2v) is 7.86. The molecule has 162 valence electrons. The molecule has 1 aromatic rings. The zero-order chi connectivity index (χ0) is 22.1. The van der Waals surface area contributed by atoms with Gasteiger partial charge in [0.25, 0.3) is 11.8 Å². The van der Waals surface area contributed by atoms with Gasteiger partial charge in [-0.25, -0.2) is 0 Å². The molecule has 1 aromatic carbocycles. The van der Waals surface area contributed by atoms with Crippen molar-refractivity contribution in [1.29, 1.82) is 0 Å². The van der Waals surface area contributed by atoms with E-state index in [1.54, 1.807) is 12.1 Å². The first-order valence-corrected chi connectivity index (χ1v) is 9.79. The molecule has 8 heteroatoms. The molecule has 0 saturated carbocycles. The molecule has 0 aliphatic heterocycles. The lowest BCUT2D eigenvalue weighted by molar-refractivity contribution is -0.130. The van der Waals surface area contributed by atoms with Crippen LogP contribution in [-0.2, 0) is 9.59 Å². The molecule has 0 fully saturated rings. The third-order valence-corrected chi connectivity index (χ3v) is 3.95. The maximum Gasteiger partial charge on any atom is 0.269 e. The molecular formula is C21H33N3O5. The van der Waals surface area contributed by atoms with Crippen LogP contribution >= 0.6 is 0 Å². The highest BCUT2D eigenvalue weighted by Crippen LogP contribution is 2.28. The van der Waals surface area contributed by atoms with Crippen LogP contribution < -0.4 is 25.6 Å². The van der Waals surface area contributed by atoms with Crippen LogP contribution in [0, 0.1) is 11.8 Å². The van der Waals surface area contributed by atoms with Crippen LogP contribution in [-0.4, -0.2) is 37.0 Å². The van der Waals surface area contributed by atoms with Crippen LogP contribution in [0.1, 0.15) is 58.3 Å². The van der Waals surface area contributed by atoms with Crippen molar-refractivity contribution in [1.82, 2.24) is 16.2 Å². The Morgan fingerprint density at radius 1 is 0.966 bits per heavy atom. The standard InChI is InChI=1S/C21H33N3O5/c1-12(2)10-18(25)22-19(13(3)4)21(27)24-23-20(26)15-8-9-16(29-14(5)6)17(11-15)28-7/h8-9,11-14,19H,10H2,1-7H3,(H,22,25)(H,23,26)(H,24,27). The number of ether oxygens (including phenoxy) is 2. The van der Waals surface area contributed by atoms with Crippen LogP contribution in [0.25, 0.3) is 0 Å². The summed E-state index contributed by atoms with van der Waals surface area (Å²) in [5.74, 6) is -0.222. The van der Waals surface area contributed by atoms with Crippen LogP contribution in [0.3, 0.4) is 0 Å². The van der Waals surface area contributed by atoms with E-state index < -0.39 is 17.9 Å². The average molecular weight is 408 g/mol. The molecule has 3 amide bonds. The van der Waals surface area contributed by atoms with Crippen LogP contribution in [0.15, 0.2) is 18.2 Å². The third-order valence-electron chi connectivity index (χ3n) is 3.95. The Hall–Kier alpha value is -2.77. The molecule has 3 N–H and O–H groups in total. The van der Waals surface area contributed by atoms with E-state index >= 15 is 0 Å². The molecule has 0 aliphatic rings. The SMILES string of the molecule is COc1cc(C(=O)NNC(=O)C(NC(=O)CC(C)C)C(C)C)ccc1OC(C)C. The minimum atomic E-state index is -0.752. The number of rotatable bonds is 9. The Balaban J connectivity index is 2.76. The van der Waals surface area contributed by atoms with Crippen LogP contribution in [0.4, 0.5) is 0 Å². The van der Waals surface area contributed by atoms with Gasteiger partial charge in [-0.3, -0.25) is 25.2 Å². The van der Waals surface area contributed by atoms with Crippen LogP contribution in [0.2, 0.25) is 0 Å². The lowest BCUT2D eigenvalue weighted by Gasteiger charge is -2.22. The summed E-state index contributed by atoms with van der Waals surface area (Å²) in [7, 11) is 1.49. The van der Waals surface area contributed by atoms with E-state index in [1.165, 1.54) is 13.2 Å². The summed E-state index contributed by atoms with van der Waals surface area (Å²) in [5, 5.41) is 2.72. The number of nitrogens with one attached hydrogen (secondary N) is 3. The molecule has 1 unspecified atom stereocenters. The number of carbonyl (C=O) groups is 3. The molecule has 0 aromatic heterocycles. The first-order valence-electron chi connectivity index (χ1n) is 9.79. The van der Waals surface area contributed by atoms with Gasteiger partial charge in [0, 0.05) is 12.0 Å². The molecule has 8 nitrogen and oxygen atoms in total. The molecule has 0 spiro atoms. The number of carbonyl (C=O) groups excluding carboxylic acids is 3. The van der Waals surface area contributed by atoms with Gasteiger partial charge in [0.1, 0.15) is 6.04 Å². The summed E-state index contributed by atoms with van der Waals surface area (Å²) in [6.45, 7) is 11.3. The number of methoxy groups -OCH3 is 1. The van der Waals surface area contributed by atoms with Crippen molar-refractivity contribution in [3.63, 3.8) is 0 Å². The minimum Gasteiger partial charge on any atom is -0.493 e. The van der Waals surface area contributed by atoms with Gasteiger partial charge in [-0.05, 0) is 43.9 Å².